The summed E-state index contributed by atoms with van der Waals surface area (Å²) in [5.74, 6) is -0.126. The Hall–Kier alpha value is -1.61. The number of carbonyl (C=O) groups excluding carboxylic acids is 1. The summed E-state index contributed by atoms with van der Waals surface area (Å²) in [5, 5.41) is 11.6. The number of rotatable bonds is 5. The van der Waals surface area contributed by atoms with Crippen LogP contribution in [0, 0.1) is 20.8 Å². The van der Waals surface area contributed by atoms with Gasteiger partial charge in [0.15, 0.2) is 0 Å². The average molecular weight is 261 g/mol. The molecule has 3 nitrogen and oxygen atoms in total. The molecule has 0 heterocycles. The summed E-state index contributed by atoms with van der Waals surface area (Å²) in [5.41, 5.74) is 4.71. The zero-order valence-electron chi connectivity index (χ0n) is 12.2. The largest absolute Gasteiger partial charge is 0.396 e. The van der Waals surface area contributed by atoms with Gasteiger partial charge in [0.25, 0.3) is 0 Å². The lowest BCUT2D eigenvalue weighted by atomic mass is 10.0. The fourth-order valence-corrected chi connectivity index (χ4v) is 1.88. The molecule has 0 saturated heterocycles. The number of aryl methyl sites for hydroxylation is 3. The second-order valence-electron chi connectivity index (χ2n) is 5.05. The van der Waals surface area contributed by atoms with Crippen LogP contribution in [0.3, 0.4) is 0 Å². The van der Waals surface area contributed by atoms with Gasteiger partial charge in [0.1, 0.15) is 0 Å². The van der Waals surface area contributed by atoms with E-state index in [9.17, 15) is 4.79 Å². The SMILES string of the molecule is Cc1cc(C)c(/C=C/C(=O)NC(C)CCO)cc1C. The third-order valence-electron chi connectivity index (χ3n) is 3.25. The van der Waals surface area contributed by atoms with Crippen molar-refractivity contribution in [3.63, 3.8) is 0 Å². The number of aliphatic hydroxyl groups excluding tert-OH is 1. The monoisotopic (exact) mass is 261 g/mol. The van der Waals surface area contributed by atoms with Gasteiger partial charge >= 0.3 is 0 Å². The molecule has 1 unspecified atom stereocenters. The van der Waals surface area contributed by atoms with Crippen molar-refractivity contribution in [2.24, 2.45) is 0 Å². The van der Waals surface area contributed by atoms with Crippen molar-refractivity contribution in [1.82, 2.24) is 5.32 Å². The quantitative estimate of drug-likeness (QED) is 0.800. The molecule has 0 fully saturated rings. The van der Waals surface area contributed by atoms with E-state index in [1.165, 1.54) is 11.1 Å². The van der Waals surface area contributed by atoms with Crippen LogP contribution in [0.2, 0.25) is 0 Å². The summed E-state index contributed by atoms with van der Waals surface area (Å²) in [6.45, 7) is 8.15. The summed E-state index contributed by atoms with van der Waals surface area (Å²) in [4.78, 5) is 11.7. The first-order chi connectivity index (χ1) is 8.93. The van der Waals surface area contributed by atoms with Crippen LogP contribution < -0.4 is 5.32 Å². The Morgan fingerprint density at radius 1 is 1.26 bits per heavy atom. The molecule has 19 heavy (non-hydrogen) atoms. The maximum Gasteiger partial charge on any atom is 0.244 e. The molecular weight excluding hydrogens is 238 g/mol. The molecule has 2 N–H and O–H groups in total. The number of hydrogen-bond acceptors (Lipinski definition) is 2. The highest BCUT2D eigenvalue weighted by atomic mass is 16.3. The summed E-state index contributed by atoms with van der Waals surface area (Å²) < 4.78 is 0. The van der Waals surface area contributed by atoms with Crippen molar-refractivity contribution < 1.29 is 9.90 Å². The Balaban J connectivity index is 2.71. The van der Waals surface area contributed by atoms with Gasteiger partial charge in [0.2, 0.25) is 5.91 Å². The van der Waals surface area contributed by atoms with Gasteiger partial charge in [-0.2, -0.15) is 0 Å². The van der Waals surface area contributed by atoms with Crippen LogP contribution in [0.4, 0.5) is 0 Å². The molecule has 0 aliphatic heterocycles. The third kappa shape index (κ3) is 4.87. The number of nitrogens with one attached hydrogen (secondary N) is 1. The number of amides is 1. The van der Waals surface area contributed by atoms with Gasteiger partial charge in [0, 0.05) is 18.7 Å². The maximum atomic E-state index is 11.7. The van der Waals surface area contributed by atoms with E-state index < -0.39 is 0 Å². The Labute approximate surface area is 115 Å². The van der Waals surface area contributed by atoms with Crippen molar-refractivity contribution in [3.05, 3.63) is 40.5 Å². The van der Waals surface area contributed by atoms with E-state index in [2.05, 4.69) is 31.3 Å². The van der Waals surface area contributed by atoms with Crippen LogP contribution in [0.5, 0.6) is 0 Å². The smallest absolute Gasteiger partial charge is 0.244 e. The summed E-state index contributed by atoms with van der Waals surface area (Å²) >= 11 is 0. The maximum absolute atomic E-state index is 11.7. The van der Waals surface area contributed by atoms with Crippen molar-refractivity contribution in [1.29, 1.82) is 0 Å². The molecule has 1 aromatic rings. The zero-order chi connectivity index (χ0) is 14.4. The predicted molar refractivity (Wildman–Crippen MR) is 79.0 cm³/mol. The van der Waals surface area contributed by atoms with Gasteiger partial charge in [-0.1, -0.05) is 12.1 Å². The minimum atomic E-state index is -0.126. The lowest BCUT2D eigenvalue weighted by Crippen LogP contribution is -2.31. The molecule has 0 saturated carbocycles. The first-order valence-corrected chi connectivity index (χ1v) is 6.61. The van der Waals surface area contributed by atoms with Crippen molar-refractivity contribution in [3.8, 4) is 0 Å². The molecule has 0 aromatic heterocycles. The summed E-state index contributed by atoms with van der Waals surface area (Å²) in [7, 11) is 0. The van der Waals surface area contributed by atoms with Crippen LogP contribution in [-0.2, 0) is 4.79 Å². The topological polar surface area (TPSA) is 49.3 Å². The molecule has 1 rings (SSSR count). The minimum Gasteiger partial charge on any atom is -0.396 e. The molecule has 104 valence electrons. The molecule has 1 atom stereocenters. The van der Waals surface area contributed by atoms with Gasteiger partial charge < -0.3 is 10.4 Å². The Bertz CT molecular complexity index is 478. The van der Waals surface area contributed by atoms with Crippen molar-refractivity contribution in [2.45, 2.75) is 40.2 Å². The van der Waals surface area contributed by atoms with Crippen molar-refractivity contribution >= 4 is 12.0 Å². The van der Waals surface area contributed by atoms with E-state index in [0.29, 0.717) is 6.42 Å². The van der Waals surface area contributed by atoms with E-state index in [4.69, 9.17) is 5.11 Å². The average Bonchev–Trinajstić information content (AvgIpc) is 2.32. The first-order valence-electron chi connectivity index (χ1n) is 6.61. The van der Waals surface area contributed by atoms with E-state index in [-0.39, 0.29) is 18.6 Å². The van der Waals surface area contributed by atoms with Crippen LogP contribution in [0.25, 0.3) is 6.08 Å². The molecular formula is C16H23NO2. The van der Waals surface area contributed by atoms with E-state index >= 15 is 0 Å². The standard InChI is InChI=1S/C16H23NO2/c1-11-9-13(3)15(10-12(11)2)5-6-16(19)17-14(4)7-8-18/h5-6,9-10,14,18H,7-8H2,1-4H3,(H,17,19)/b6-5+. The van der Waals surface area contributed by atoms with E-state index in [1.54, 1.807) is 6.08 Å². The second kappa shape index (κ2) is 7.10. The highest BCUT2D eigenvalue weighted by Gasteiger charge is 2.04. The summed E-state index contributed by atoms with van der Waals surface area (Å²) in [6.07, 6.45) is 3.95. The van der Waals surface area contributed by atoms with Gasteiger partial charge in [-0.25, -0.2) is 0 Å². The lowest BCUT2D eigenvalue weighted by Gasteiger charge is -2.10. The highest BCUT2D eigenvalue weighted by molar-refractivity contribution is 5.92. The normalized spacial score (nSPS) is 12.7. The number of aliphatic hydroxyl groups is 1. The van der Waals surface area contributed by atoms with E-state index in [1.807, 2.05) is 19.9 Å². The van der Waals surface area contributed by atoms with E-state index in [0.717, 1.165) is 11.1 Å². The van der Waals surface area contributed by atoms with Crippen LogP contribution >= 0.6 is 0 Å². The summed E-state index contributed by atoms with van der Waals surface area (Å²) in [6, 6.07) is 4.20. The highest BCUT2D eigenvalue weighted by Crippen LogP contribution is 2.16. The Morgan fingerprint density at radius 2 is 1.89 bits per heavy atom. The molecule has 0 spiro atoms. The second-order valence-corrected chi connectivity index (χ2v) is 5.05. The Kier molecular flexibility index (Phi) is 5.77. The predicted octanol–water partition coefficient (Wildman–Crippen LogP) is 2.51. The molecule has 0 bridgehead atoms. The number of carbonyl (C=O) groups is 1. The first kappa shape index (κ1) is 15.4. The third-order valence-corrected chi connectivity index (χ3v) is 3.25. The minimum absolute atomic E-state index is 0.0111. The fourth-order valence-electron chi connectivity index (χ4n) is 1.88. The van der Waals surface area contributed by atoms with Gasteiger partial charge in [-0.3, -0.25) is 4.79 Å². The molecule has 0 aliphatic rings. The molecule has 0 aliphatic carbocycles. The van der Waals surface area contributed by atoms with Crippen LogP contribution in [0.1, 0.15) is 35.6 Å². The lowest BCUT2D eigenvalue weighted by molar-refractivity contribution is -0.117. The number of hydrogen-bond donors (Lipinski definition) is 2. The Morgan fingerprint density at radius 3 is 2.53 bits per heavy atom. The van der Waals surface area contributed by atoms with Gasteiger partial charge in [-0.05, 0) is 62.4 Å². The molecule has 0 radical (unpaired) electrons. The van der Waals surface area contributed by atoms with Crippen LogP contribution in [-0.4, -0.2) is 23.7 Å². The van der Waals surface area contributed by atoms with Crippen molar-refractivity contribution in [2.75, 3.05) is 6.61 Å². The number of benzene rings is 1. The zero-order valence-corrected chi connectivity index (χ0v) is 12.2. The van der Waals surface area contributed by atoms with Gasteiger partial charge in [0.05, 0.1) is 0 Å². The molecule has 3 heteroatoms. The fraction of sp³-hybridized carbons (Fsp3) is 0.438. The van der Waals surface area contributed by atoms with Gasteiger partial charge in [-0.15, -0.1) is 0 Å². The molecule has 1 aromatic carbocycles. The molecule has 1 amide bonds. The van der Waals surface area contributed by atoms with Crippen LogP contribution in [0.15, 0.2) is 18.2 Å².